The standard InChI is InChI=1S/C38H38F3N5O3/c39-21-12-38(16-37(8-9-37)17-45(38)13-21)18-49-36-43-33-30-34(48-15-27-26-7-6-22(42-26)14-46(27)35(30)44-36)32(41)29(31(33)40)25-11-23(47)10-20-2-1-3-24(28(20)25)19-4-5-19/h1-3,10-11,19,21-22,26-27,42,47H,4-9,12-18H2/t21-,22?,26?,27?,38-/m1/s1. The van der Waals surface area contributed by atoms with Gasteiger partial charge in [-0.3, -0.25) is 4.90 Å². The maximum atomic E-state index is 17.4. The highest BCUT2D eigenvalue weighted by Gasteiger charge is 2.62. The smallest absolute Gasteiger partial charge is 0.319 e. The lowest BCUT2D eigenvalue weighted by atomic mass is 9.89. The monoisotopic (exact) mass is 669 g/mol. The van der Waals surface area contributed by atoms with E-state index in [9.17, 15) is 9.50 Å². The van der Waals surface area contributed by atoms with Crippen LogP contribution in [0.15, 0.2) is 30.3 Å². The molecule has 2 saturated carbocycles. The molecule has 6 heterocycles. The van der Waals surface area contributed by atoms with Gasteiger partial charge >= 0.3 is 6.01 Å². The van der Waals surface area contributed by atoms with Crippen molar-refractivity contribution < 1.29 is 27.8 Å². The van der Waals surface area contributed by atoms with E-state index in [4.69, 9.17) is 14.5 Å². The molecule has 1 aromatic heterocycles. The van der Waals surface area contributed by atoms with Gasteiger partial charge in [0, 0.05) is 38.1 Å². The third-order valence-electron chi connectivity index (χ3n) is 12.8. The molecule has 0 radical (unpaired) electrons. The Morgan fingerprint density at radius 3 is 2.76 bits per heavy atom. The molecule has 4 aromatic rings. The summed E-state index contributed by atoms with van der Waals surface area (Å²) in [6, 6.07) is 9.09. The second-order valence-corrected chi connectivity index (χ2v) is 16.0. The van der Waals surface area contributed by atoms with Gasteiger partial charge in [-0.25, -0.2) is 13.2 Å². The number of hydrogen-bond donors (Lipinski definition) is 2. The lowest BCUT2D eigenvalue weighted by molar-refractivity contribution is 0.107. The number of nitrogens with one attached hydrogen (secondary N) is 1. The summed E-state index contributed by atoms with van der Waals surface area (Å²) in [6.07, 6.45) is 6.62. The molecule has 7 aliphatic rings. The number of phenolic OH excluding ortho intramolecular Hbond substituents is 1. The van der Waals surface area contributed by atoms with Crippen LogP contribution in [0.4, 0.5) is 19.0 Å². The molecule has 0 amide bonds. The highest BCUT2D eigenvalue weighted by atomic mass is 19.1. The number of alkyl halides is 1. The van der Waals surface area contributed by atoms with Crippen molar-refractivity contribution in [1.82, 2.24) is 20.2 Å². The summed E-state index contributed by atoms with van der Waals surface area (Å²) in [7, 11) is 0. The Kier molecular flexibility index (Phi) is 5.85. The first-order chi connectivity index (χ1) is 23.8. The zero-order chi connectivity index (χ0) is 32.8. The molecule has 5 aliphatic heterocycles. The third-order valence-corrected chi connectivity index (χ3v) is 12.8. The van der Waals surface area contributed by atoms with Crippen molar-refractivity contribution in [2.75, 3.05) is 37.7 Å². The maximum absolute atomic E-state index is 17.4. The van der Waals surface area contributed by atoms with Crippen LogP contribution in [0.1, 0.15) is 62.8 Å². The second kappa shape index (κ2) is 9.90. The van der Waals surface area contributed by atoms with Gasteiger partial charge in [0.1, 0.15) is 36.5 Å². The molecule has 3 aromatic carbocycles. The van der Waals surface area contributed by atoms with Crippen LogP contribution in [0.5, 0.6) is 17.5 Å². The topological polar surface area (TPSA) is 83.0 Å². The largest absolute Gasteiger partial charge is 0.508 e. The number of aromatic hydroxyl groups is 1. The number of aromatic nitrogens is 2. The van der Waals surface area contributed by atoms with E-state index in [-0.39, 0.29) is 76.3 Å². The average molecular weight is 670 g/mol. The Morgan fingerprint density at radius 2 is 1.92 bits per heavy atom. The summed E-state index contributed by atoms with van der Waals surface area (Å²) >= 11 is 0. The Hall–Kier alpha value is -3.83. The van der Waals surface area contributed by atoms with Gasteiger partial charge in [0.15, 0.2) is 17.4 Å². The van der Waals surface area contributed by atoms with Gasteiger partial charge in [-0.05, 0) is 90.3 Å². The van der Waals surface area contributed by atoms with Crippen LogP contribution < -0.4 is 19.7 Å². The van der Waals surface area contributed by atoms with Crippen molar-refractivity contribution in [3.63, 3.8) is 0 Å². The number of piperazine rings is 1. The van der Waals surface area contributed by atoms with Gasteiger partial charge in [-0.2, -0.15) is 9.97 Å². The number of phenols is 1. The fourth-order valence-corrected chi connectivity index (χ4v) is 10.3. The number of nitrogens with zero attached hydrogens (tertiary/aromatic N) is 4. The van der Waals surface area contributed by atoms with Crippen molar-refractivity contribution in [3.05, 3.63) is 47.5 Å². The van der Waals surface area contributed by atoms with E-state index < -0.39 is 23.3 Å². The van der Waals surface area contributed by atoms with E-state index in [0.717, 1.165) is 62.4 Å². The molecule has 11 heteroatoms. The zero-order valence-corrected chi connectivity index (χ0v) is 27.2. The van der Waals surface area contributed by atoms with Crippen molar-refractivity contribution in [2.24, 2.45) is 5.41 Å². The molecule has 2 N–H and O–H groups in total. The highest BCUT2D eigenvalue weighted by molar-refractivity contribution is 6.05. The summed E-state index contributed by atoms with van der Waals surface area (Å²) < 4.78 is 62.1. The number of rotatable bonds is 5. The molecule has 5 atom stereocenters. The van der Waals surface area contributed by atoms with E-state index in [1.807, 2.05) is 18.2 Å². The summed E-state index contributed by atoms with van der Waals surface area (Å²) in [4.78, 5) is 14.0. The lowest BCUT2D eigenvalue weighted by Gasteiger charge is -2.40. The van der Waals surface area contributed by atoms with E-state index in [1.165, 1.54) is 6.07 Å². The zero-order valence-electron chi connectivity index (χ0n) is 27.2. The Balaban J connectivity index is 1.11. The van der Waals surface area contributed by atoms with Crippen molar-refractivity contribution >= 4 is 27.5 Å². The van der Waals surface area contributed by atoms with E-state index in [1.54, 1.807) is 6.07 Å². The van der Waals surface area contributed by atoms with Gasteiger partial charge in [-0.1, -0.05) is 18.2 Å². The second-order valence-electron chi connectivity index (χ2n) is 16.0. The Bertz CT molecular complexity index is 2090. The maximum Gasteiger partial charge on any atom is 0.319 e. The summed E-state index contributed by atoms with van der Waals surface area (Å²) in [5.41, 5.74) is 0.737. The lowest BCUT2D eigenvalue weighted by Crippen LogP contribution is -2.60. The fraction of sp³-hybridized carbons (Fsp3) is 0.526. The quantitative estimate of drug-likeness (QED) is 0.254. The van der Waals surface area contributed by atoms with Crippen LogP contribution in [-0.4, -0.2) is 82.7 Å². The first-order valence-corrected chi connectivity index (χ1v) is 17.9. The fourth-order valence-electron chi connectivity index (χ4n) is 10.3. The SMILES string of the molecule is Oc1cc(-c2c(F)c3c4c(nc(OC[C@]56C[C@@H](F)CN5CC5(CC5)C6)nc4c2F)N2CC4CCC(N4)C2CO3)c2c(C3CC3)cccc2c1. The highest BCUT2D eigenvalue weighted by Crippen LogP contribution is 2.61. The molecule has 3 unspecified atom stereocenters. The molecule has 1 spiro atoms. The van der Waals surface area contributed by atoms with E-state index in [0.29, 0.717) is 36.6 Å². The number of anilines is 1. The number of fused-ring (bicyclic) bond motifs is 7. The first-order valence-electron chi connectivity index (χ1n) is 17.9. The summed E-state index contributed by atoms with van der Waals surface area (Å²) in [5.74, 6) is -1.11. The van der Waals surface area contributed by atoms with Crippen LogP contribution in [-0.2, 0) is 0 Å². The van der Waals surface area contributed by atoms with Crippen LogP contribution in [0, 0.1) is 17.0 Å². The molecule has 254 valence electrons. The van der Waals surface area contributed by atoms with Gasteiger partial charge in [0.25, 0.3) is 0 Å². The molecular formula is C38H38F3N5O3. The van der Waals surface area contributed by atoms with Crippen molar-refractivity contribution in [2.45, 2.75) is 87.1 Å². The minimum absolute atomic E-state index is 0.00394. The third kappa shape index (κ3) is 4.24. The van der Waals surface area contributed by atoms with E-state index in [2.05, 4.69) is 20.1 Å². The van der Waals surface area contributed by atoms with Crippen molar-refractivity contribution in [1.29, 1.82) is 0 Å². The van der Waals surface area contributed by atoms with Gasteiger partial charge < -0.3 is 24.8 Å². The van der Waals surface area contributed by atoms with Gasteiger partial charge in [0.2, 0.25) is 0 Å². The summed E-state index contributed by atoms with van der Waals surface area (Å²) in [6.45, 7) is 2.30. The molecular weight excluding hydrogens is 631 g/mol. The minimum Gasteiger partial charge on any atom is -0.508 e. The first kappa shape index (κ1) is 29.0. The summed E-state index contributed by atoms with van der Waals surface area (Å²) in [5, 5.41) is 16.1. The molecule has 6 fully saturated rings. The number of hydrogen-bond acceptors (Lipinski definition) is 8. The van der Waals surface area contributed by atoms with E-state index >= 15 is 8.78 Å². The molecule has 4 saturated heterocycles. The normalized spacial score (nSPS) is 30.9. The Morgan fingerprint density at radius 1 is 1.04 bits per heavy atom. The molecule has 8 nitrogen and oxygen atoms in total. The van der Waals surface area contributed by atoms with Crippen LogP contribution >= 0.6 is 0 Å². The Labute approximate surface area is 281 Å². The predicted octanol–water partition coefficient (Wildman–Crippen LogP) is 6.36. The number of halogens is 3. The van der Waals surface area contributed by atoms with Crippen LogP contribution in [0.25, 0.3) is 32.8 Å². The minimum atomic E-state index is -0.917. The van der Waals surface area contributed by atoms with Gasteiger partial charge in [0.05, 0.1) is 22.5 Å². The number of benzene rings is 3. The molecule has 11 rings (SSSR count). The average Bonchev–Trinajstić information content (AvgIpc) is 3.98. The van der Waals surface area contributed by atoms with Crippen LogP contribution in [0.2, 0.25) is 0 Å². The molecule has 2 bridgehead atoms. The predicted molar refractivity (Wildman–Crippen MR) is 178 cm³/mol. The molecule has 49 heavy (non-hydrogen) atoms. The number of ether oxygens (including phenoxy) is 2. The molecule has 2 aliphatic carbocycles. The van der Waals surface area contributed by atoms with Crippen LogP contribution in [0.3, 0.4) is 0 Å². The van der Waals surface area contributed by atoms with Gasteiger partial charge in [-0.15, -0.1) is 0 Å². The van der Waals surface area contributed by atoms with Crippen molar-refractivity contribution in [3.8, 4) is 28.6 Å².